The molecule has 0 aromatic carbocycles. The topological polar surface area (TPSA) is 63.0 Å². The molecule has 0 bridgehead atoms. The zero-order valence-corrected chi connectivity index (χ0v) is 14.3. The number of nitrogens with zero attached hydrogens (tertiary/aromatic N) is 2. The summed E-state index contributed by atoms with van der Waals surface area (Å²) in [6.45, 7) is 6.59. The Morgan fingerprint density at radius 3 is 2.52 bits per heavy atom. The summed E-state index contributed by atoms with van der Waals surface area (Å²) in [4.78, 5) is 28.5. The van der Waals surface area contributed by atoms with E-state index in [4.69, 9.17) is 9.15 Å². The van der Waals surface area contributed by atoms with Gasteiger partial charge >= 0.3 is 0 Å². The van der Waals surface area contributed by atoms with E-state index in [0.717, 1.165) is 25.9 Å². The van der Waals surface area contributed by atoms with E-state index in [1.807, 2.05) is 11.8 Å². The average Bonchev–Trinajstić information content (AvgIpc) is 3.16. The molecule has 6 nitrogen and oxygen atoms in total. The molecule has 23 heavy (non-hydrogen) atoms. The zero-order chi connectivity index (χ0) is 16.8. The van der Waals surface area contributed by atoms with Gasteiger partial charge in [-0.15, -0.1) is 0 Å². The van der Waals surface area contributed by atoms with Crippen molar-refractivity contribution in [2.45, 2.75) is 33.1 Å². The minimum Gasteiger partial charge on any atom is -0.466 e. The van der Waals surface area contributed by atoms with Crippen molar-refractivity contribution in [3.8, 4) is 0 Å². The average molecular weight is 322 g/mol. The molecule has 0 radical (unpaired) electrons. The number of carbonyl (C=O) groups is 2. The van der Waals surface area contributed by atoms with Gasteiger partial charge in [-0.2, -0.15) is 0 Å². The molecular formula is C17H26N2O4. The van der Waals surface area contributed by atoms with Crippen molar-refractivity contribution >= 4 is 11.8 Å². The third-order valence-electron chi connectivity index (χ3n) is 4.18. The van der Waals surface area contributed by atoms with Gasteiger partial charge in [-0.3, -0.25) is 9.59 Å². The van der Waals surface area contributed by atoms with E-state index < -0.39 is 0 Å². The summed E-state index contributed by atoms with van der Waals surface area (Å²) in [6, 6.07) is 1.75. The van der Waals surface area contributed by atoms with Crippen LogP contribution in [0.1, 0.15) is 41.1 Å². The van der Waals surface area contributed by atoms with Crippen LogP contribution in [0.2, 0.25) is 0 Å². The normalized spacial score (nSPS) is 14.3. The number of carbonyl (C=O) groups excluding carboxylic acids is 2. The van der Waals surface area contributed by atoms with Gasteiger partial charge in [-0.1, -0.05) is 0 Å². The van der Waals surface area contributed by atoms with Crippen molar-refractivity contribution < 1.29 is 18.7 Å². The number of aryl methyl sites for hydroxylation is 2. The van der Waals surface area contributed by atoms with Gasteiger partial charge in [0.1, 0.15) is 11.5 Å². The molecule has 0 saturated carbocycles. The van der Waals surface area contributed by atoms with E-state index in [2.05, 4.69) is 0 Å². The lowest BCUT2D eigenvalue weighted by atomic mass is 10.2. The standard InChI is InChI=1S/C17H26N2O4/c1-13-12-15(14(2)23-13)17(21)19(10-11-22-3)9-6-16(20)18-7-4-5-8-18/h12H,4-11H2,1-3H3. The first-order valence-electron chi connectivity index (χ1n) is 8.16. The summed E-state index contributed by atoms with van der Waals surface area (Å²) in [5.41, 5.74) is 0.562. The van der Waals surface area contributed by atoms with Crippen LogP contribution in [0.25, 0.3) is 0 Å². The number of amides is 2. The fourth-order valence-corrected chi connectivity index (χ4v) is 2.89. The SMILES string of the molecule is COCCN(CCC(=O)N1CCCC1)C(=O)c1cc(C)oc1C. The van der Waals surface area contributed by atoms with Crippen molar-refractivity contribution in [3.05, 3.63) is 23.2 Å². The van der Waals surface area contributed by atoms with Crippen LogP contribution < -0.4 is 0 Å². The van der Waals surface area contributed by atoms with Gasteiger partial charge in [-0.05, 0) is 32.8 Å². The van der Waals surface area contributed by atoms with Crippen LogP contribution in [0.15, 0.2) is 10.5 Å². The molecule has 2 amide bonds. The Morgan fingerprint density at radius 1 is 1.26 bits per heavy atom. The van der Waals surface area contributed by atoms with Crippen molar-refractivity contribution in [2.75, 3.05) is 39.9 Å². The summed E-state index contributed by atoms with van der Waals surface area (Å²) < 4.78 is 10.5. The molecule has 128 valence electrons. The summed E-state index contributed by atoms with van der Waals surface area (Å²) in [7, 11) is 1.60. The number of rotatable bonds is 7. The van der Waals surface area contributed by atoms with E-state index >= 15 is 0 Å². The Kier molecular flexibility index (Phi) is 6.21. The molecular weight excluding hydrogens is 296 g/mol. The summed E-state index contributed by atoms with van der Waals surface area (Å²) in [5, 5.41) is 0. The summed E-state index contributed by atoms with van der Waals surface area (Å²) >= 11 is 0. The first-order valence-corrected chi connectivity index (χ1v) is 8.16. The Hall–Kier alpha value is -1.82. The van der Waals surface area contributed by atoms with E-state index in [-0.39, 0.29) is 11.8 Å². The molecule has 2 heterocycles. The van der Waals surface area contributed by atoms with Crippen LogP contribution in [0.5, 0.6) is 0 Å². The van der Waals surface area contributed by atoms with E-state index in [9.17, 15) is 9.59 Å². The molecule has 0 aliphatic carbocycles. The molecule has 1 aromatic heterocycles. The minimum atomic E-state index is -0.106. The van der Waals surface area contributed by atoms with Gasteiger partial charge in [0.2, 0.25) is 5.91 Å². The largest absolute Gasteiger partial charge is 0.466 e. The third-order valence-corrected chi connectivity index (χ3v) is 4.18. The molecule has 1 saturated heterocycles. The van der Waals surface area contributed by atoms with E-state index in [1.54, 1.807) is 25.0 Å². The van der Waals surface area contributed by atoms with Gasteiger partial charge in [0.25, 0.3) is 5.91 Å². The van der Waals surface area contributed by atoms with Crippen molar-refractivity contribution in [3.63, 3.8) is 0 Å². The van der Waals surface area contributed by atoms with Crippen molar-refractivity contribution in [2.24, 2.45) is 0 Å². The van der Waals surface area contributed by atoms with Gasteiger partial charge in [0.15, 0.2) is 0 Å². The predicted octanol–water partition coefficient (Wildman–Crippen LogP) is 2.00. The first kappa shape index (κ1) is 17.5. The van der Waals surface area contributed by atoms with E-state index in [0.29, 0.717) is 43.2 Å². The zero-order valence-electron chi connectivity index (χ0n) is 14.3. The van der Waals surface area contributed by atoms with Gasteiger partial charge in [-0.25, -0.2) is 0 Å². The Labute approximate surface area is 137 Å². The fourth-order valence-electron chi connectivity index (χ4n) is 2.89. The lowest BCUT2D eigenvalue weighted by molar-refractivity contribution is -0.130. The van der Waals surface area contributed by atoms with Crippen molar-refractivity contribution in [1.29, 1.82) is 0 Å². The highest BCUT2D eigenvalue weighted by atomic mass is 16.5. The predicted molar refractivity (Wildman–Crippen MR) is 86.4 cm³/mol. The fraction of sp³-hybridized carbons (Fsp3) is 0.647. The van der Waals surface area contributed by atoms with Crippen LogP contribution in [-0.2, 0) is 9.53 Å². The quantitative estimate of drug-likeness (QED) is 0.770. The van der Waals surface area contributed by atoms with Crippen LogP contribution in [0, 0.1) is 13.8 Å². The van der Waals surface area contributed by atoms with Crippen molar-refractivity contribution in [1.82, 2.24) is 9.80 Å². The van der Waals surface area contributed by atoms with Crippen LogP contribution >= 0.6 is 0 Å². The second kappa shape index (κ2) is 8.15. The maximum absolute atomic E-state index is 12.7. The molecule has 0 spiro atoms. The Balaban J connectivity index is 1.99. The monoisotopic (exact) mass is 322 g/mol. The minimum absolute atomic E-state index is 0.106. The van der Waals surface area contributed by atoms with Gasteiger partial charge < -0.3 is 19.0 Å². The second-order valence-corrected chi connectivity index (χ2v) is 5.95. The number of hydrogen-bond acceptors (Lipinski definition) is 4. The van der Waals surface area contributed by atoms with Gasteiger partial charge in [0, 0.05) is 39.7 Å². The van der Waals surface area contributed by atoms with E-state index in [1.165, 1.54) is 0 Å². The van der Waals surface area contributed by atoms with Crippen LogP contribution in [0.4, 0.5) is 0 Å². The van der Waals surface area contributed by atoms with Crippen LogP contribution in [-0.4, -0.2) is 61.5 Å². The molecule has 2 rings (SSSR count). The lowest BCUT2D eigenvalue weighted by Crippen LogP contribution is -2.38. The molecule has 0 N–H and O–H groups in total. The maximum atomic E-state index is 12.7. The lowest BCUT2D eigenvalue weighted by Gasteiger charge is -2.23. The highest BCUT2D eigenvalue weighted by Gasteiger charge is 2.23. The first-order chi connectivity index (χ1) is 11.0. The highest BCUT2D eigenvalue weighted by Crippen LogP contribution is 2.17. The molecule has 0 atom stereocenters. The molecule has 1 aliphatic heterocycles. The molecule has 1 aliphatic rings. The molecule has 6 heteroatoms. The second-order valence-electron chi connectivity index (χ2n) is 5.95. The maximum Gasteiger partial charge on any atom is 0.257 e. The van der Waals surface area contributed by atoms with Crippen LogP contribution in [0.3, 0.4) is 0 Å². The highest BCUT2D eigenvalue weighted by molar-refractivity contribution is 5.95. The number of likely N-dealkylation sites (tertiary alicyclic amines) is 1. The summed E-state index contributed by atoms with van der Waals surface area (Å²) in [5.74, 6) is 1.34. The molecule has 1 aromatic rings. The summed E-state index contributed by atoms with van der Waals surface area (Å²) in [6.07, 6.45) is 2.50. The smallest absolute Gasteiger partial charge is 0.257 e. The number of hydrogen-bond donors (Lipinski definition) is 0. The Bertz CT molecular complexity index is 547. The number of ether oxygens (including phenoxy) is 1. The molecule has 1 fully saturated rings. The molecule has 0 unspecified atom stereocenters. The van der Waals surface area contributed by atoms with Gasteiger partial charge in [0.05, 0.1) is 12.2 Å². The Morgan fingerprint density at radius 2 is 1.96 bits per heavy atom. The third kappa shape index (κ3) is 4.58. The number of furan rings is 1. The number of methoxy groups -OCH3 is 1.